The van der Waals surface area contributed by atoms with Crippen molar-refractivity contribution in [2.24, 2.45) is 0 Å². The zero-order chi connectivity index (χ0) is 23.4. The summed E-state index contributed by atoms with van der Waals surface area (Å²) >= 11 is 0. The van der Waals surface area contributed by atoms with Gasteiger partial charge >= 0.3 is 0 Å². The summed E-state index contributed by atoms with van der Waals surface area (Å²) in [5.41, 5.74) is 2.89. The van der Waals surface area contributed by atoms with Gasteiger partial charge in [0.2, 0.25) is 5.91 Å². The van der Waals surface area contributed by atoms with Crippen molar-refractivity contribution in [1.82, 2.24) is 5.32 Å². The van der Waals surface area contributed by atoms with Crippen LogP contribution in [0.15, 0.2) is 83.8 Å². The van der Waals surface area contributed by atoms with Gasteiger partial charge in [-0.1, -0.05) is 54.6 Å². The van der Waals surface area contributed by atoms with Crippen LogP contribution in [0.3, 0.4) is 0 Å². The van der Waals surface area contributed by atoms with Crippen molar-refractivity contribution >= 4 is 21.6 Å². The fourth-order valence-electron chi connectivity index (χ4n) is 3.83. The Balaban J connectivity index is 1.89. The normalized spacial score (nSPS) is 11.8. The maximum absolute atomic E-state index is 13.5. The molecule has 5 nitrogen and oxygen atoms in total. The second-order valence-corrected chi connectivity index (χ2v) is 10.6. The number of hydrogen-bond acceptors (Lipinski definition) is 3. The van der Waals surface area contributed by atoms with Crippen LogP contribution >= 0.6 is 0 Å². The number of hydrogen-bond donors (Lipinski definition) is 1. The van der Waals surface area contributed by atoms with Crippen molar-refractivity contribution in [3.05, 3.63) is 95.6 Å². The van der Waals surface area contributed by atoms with E-state index in [4.69, 9.17) is 0 Å². The van der Waals surface area contributed by atoms with Gasteiger partial charge in [-0.05, 0) is 75.1 Å². The van der Waals surface area contributed by atoms with Crippen molar-refractivity contribution in [3.63, 3.8) is 0 Å². The predicted octanol–water partition coefficient (Wildman–Crippen LogP) is 4.64. The molecule has 0 saturated carbocycles. The summed E-state index contributed by atoms with van der Waals surface area (Å²) in [7, 11) is -3.92. The molecule has 0 bridgehead atoms. The average molecular weight is 451 g/mol. The van der Waals surface area contributed by atoms with Gasteiger partial charge in [-0.15, -0.1) is 0 Å². The fourth-order valence-corrected chi connectivity index (χ4v) is 5.25. The van der Waals surface area contributed by atoms with Gasteiger partial charge in [0.25, 0.3) is 10.0 Å². The van der Waals surface area contributed by atoms with Crippen LogP contribution in [-0.2, 0) is 21.2 Å². The lowest BCUT2D eigenvalue weighted by Gasteiger charge is -2.30. The Morgan fingerprint density at radius 3 is 1.97 bits per heavy atom. The number of sulfonamides is 1. The van der Waals surface area contributed by atoms with E-state index in [1.165, 1.54) is 4.31 Å². The third-order valence-electron chi connectivity index (χ3n) is 5.08. The first-order valence-electron chi connectivity index (χ1n) is 10.6. The molecule has 3 aromatic carbocycles. The molecule has 0 unspecified atom stereocenters. The third kappa shape index (κ3) is 5.98. The molecule has 0 aliphatic rings. The summed E-state index contributed by atoms with van der Waals surface area (Å²) in [5, 5.41) is 3.01. The van der Waals surface area contributed by atoms with E-state index in [9.17, 15) is 13.2 Å². The van der Waals surface area contributed by atoms with Crippen molar-refractivity contribution in [2.75, 3.05) is 10.8 Å². The SMILES string of the molecule is Cc1cc(C)cc(N(CC(=O)NC(C)(C)Cc2ccccc2)S(=O)(=O)c2ccccc2)c1. The van der Waals surface area contributed by atoms with Gasteiger partial charge in [0.15, 0.2) is 0 Å². The first-order valence-corrected chi connectivity index (χ1v) is 12.0. The second-order valence-electron chi connectivity index (χ2n) is 8.77. The minimum absolute atomic E-state index is 0.149. The summed E-state index contributed by atoms with van der Waals surface area (Å²) in [6, 6.07) is 23.6. The number of anilines is 1. The number of rotatable bonds is 8. The van der Waals surface area contributed by atoms with E-state index in [2.05, 4.69) is 5.32 Å². The lowest BCUT2D eigenvalue weighted by Crippen LogP contribution is -2.50. The molecule has 0 radical (unpaired) electrons. The Morgan fingerprint density at radius 1 is 0.875 bits per heavy atom. The molecule has 0 fully saturated rings. The number of nitrogens with one attached hydrogen (secondary N) is 1. The Kier molecular flexibility index (Phi) is 7.04. The number of carbonyl (C=O) groups is 1. The van der Waals surface area contributed by atoms with Gasteiger partial charge in [-0.25, -0.2) is 8.42 Å². The van der Waals surface area contributed by atoms with Crippen LogP contribution < -0.4 is 9.62 Å². The van der Waals surface area contributed by atoms with Crippen LogP contribution in [0.25, 0.3) is 0 Å². The summed E-state index contributed by atoms with van der Waals surface area (Å²) in [6.07, 6.45) is 0.634. The first-order chi connectivity index (χ1) is 15.1. The van der Waals surface area contributed by atoms with E-state index in [0.29, 0.717) is 12.1 Å². The third-order valence-corrected chi connectivity index (χ3v) is 6.87. The molecule has 0 aliphatic carbocycles. The van der Waals surface area contributed by atoms with Crippen molar-refractivity contribution < 1.29 is 13.2 Å². The van der Waals surface area contributed by atoms with E-state index >= 15 is 0 Å². The molecule has 0 aromatic heterocycles. The molecule has 1 N–H and O–H groups in total. The summed E-state index contributed by atoms with van der Waals surface area (Å²) in [4.78, 5) is 13.2. The first kappa shape index (κ1) is 23.5. The van der Waals surface area contributed by atoms with Gasteiger partial charge in [0.1, 0.15) is 6.54 Å². The highest BCUT2D eigenvalue weighted by molar-refractivity contribution is 7.92. The summed E-state index contributed by atoms with van der Waals surface area (Å²) in [6.45, 7) is 7.38. The molecular formula is C26H30N2O3S. The van der Waals surface area contributed by atoms with Crippen molar-refractivity contribution in [3.8, 4) is 0 Å². The number of nitrogens with zero attached hydrogens (tertiary/aromatic N) is 1. The molecule has 3 rings (SSSR count). The van der Waals surface area contributed by atoms with Gasteiger partial charge in [-0.2, -0.15) is 0 Å². The monoisotopic (exact) mass is 450 g/mol. The second kappa shape index (κ2) is 9.57. The Labute approximate surface area is 191 Å². The zero-order valence-electron chi connectivity index (χ0n) is 19.0. The zero-order valence-corrected chi connectivity index (χ0v) is 19.8. The number of carbonyl (C=O) groups excluding carboxylic acids is 1. The minimum atomic E-state index is -3.92. The lowest BCUT2D eigenvalue weighted by atomic mass is 9.95. The molecule has 0 spiro atoms. The van der Waals surface area contributed by atoms with Crippen molar-refractivity contribution in [1.29, 1.82) is 0 Å². The molecular weight excluding hydrogens is 420 g/mol. The van der Waals surface area contributed by atoms with E-state index in [0.717, 1.165) is 16.7 Å². The van der Waals surface area contributed by atoms with Crippen molar-refractivity contribution in [2.45, 2.75) is 44.6 Å². The van der Waals surface area contributed by atoms with Crippen LogP contribution in [0, 0.1) is 13.8 Å². The highest BCUT2D eigenvalue weighted by Crippen LogP contribution is 2.26. The van der Waals surface area contributed by atoms with E-state index in [-0.39, 0.29) is 17.3 Å². The standard InChI is InChI=1S/C26H30N2O3S/c1-20-15-21(2)17-23(16-20)28(32(30,31)24-13-9-6-10-14-24)19-25(29)27-26(3,4)18-22-11-7-5-8-12-22/h5-17H,18-19H2,1-4H3,(H,27,29). The largest absolute Gasteiger partial charge is 0.349 e. The van der Waals surface area contributed by atoms with Crippen LogP contribution in [0.4, 0.5) is 5.69 Å². The molecule has 0 saturated heterocycles. The quantitative estimate of drug-likeness (QED) is 0.544. The molecule has 3 aromatic rings. The van der Waals surface area contributed by atoms with Crippen LogP contribution in [0.1, 0.15) is 30.5 Å². The smallest absolute Gasteiger partial charge is 0.264 e. The maximum Gasteiger partial charge on any atom is 0.264 e. The van der Waals surface area contributed by atoms with Gasteiger partial charge in [0, 0.05) is 5.54 Å². The average Bonchev–Trinajstić information content (AvgIpc) is 2.72. The lowest BCUT2D eigenvalue weighted by molar-refractivity contribution is -0.121. The molecule has 168 valence electrons. The highest BCUT2D eigenvalue weighted by Gasteiger charge is 2.29. The highest BCUT2D eigenvalue weighted by atomic mass is 32.2. The van der Waals surface area contributed by atoms with Gasteiger partial charge < -0.3 is 5.32 Å². The predicted molar refractivity (Wildman–Crippen MR) is 129 cm³/mol. The molecule has 6 heteroatoms. The van der Waals surface area contributed by atoms with Crippen LogP contribution in [0.2, 0.25) is 0 Å². The van der Waals surface area contributed by atoms with Crippen LogP contribution in [-0.4, -0.2) is 26.4 Å². The number of benzene rings is 3. The number of aryl methyl sites for hydroxylation is 2. The molecule has 0 heterocycles. The summed E-state index contributed by atoms with van der Waals surface area (Å²) in [5.74, 6) is -0.357. The van der Waals surface area contributed by atoms with Gasteiger partial charge in [0.05, 0.1) is 10.6 Å². The molecule has 32 heavy (non-hydrogen) atoms. The van der Waals surface area contributed by atoms with Gasteiger partial charge in [-0.3, -0.25) is 9.10 Å². The molecule has 0 atom stereocenters. The Bertz CT molecular complexity index is 1150. The maximum atomic E-state index is 13.5. The van der Waals surface area contributed by atoms with E-state index in [1.807, 2.05) is 64.1 Å². The van der Waals surface area contributed by atoms with E-state index in [1.54, 1.807) is 42.5 Å². The number of amides is 1. The molecule has 1 amide bonds. The van der Waals surface area contributed by atoms with E-state index < -0.39 is 15.6 Å². The topological polar surface area (TPSA) is 66.5 Å². The Morgan fingerprint density at radius 2 is 1.41 bits per heavy atom. The molecule has 0 aliphatic heterocycles. The Hall–Kier alpha value is -3.12. The fraction of sp³-hybridized carbons (Fsp3) is 0.269. The minimum Gasteiger partial charge on any atom is -0.349 e. The van der Waals surface area contributed by atoms with Crippen LogP contribution in [0.5, 0.6) is 0 Å². The summed E-state index contributed by atoms with van der Waals surface area (Å²) < 4.78 is 28.2.